The Balaban J connectivity index is 2.32. The van der Waals surface area contributed by atoms with Crippen molar-refractivity contribution < 1.29 is 0 Å². The Morgan fingerprint density at radius 1 is 1.23 bits per heavy atom. The van der Waals surface area contributed by atoms with Crippen molar-refractivity contribution in [2.24, 2.45) is 17.3 Å². The minimum atomic E-state index is -1.77. The summed E-state index contributed by atoms with van der Waals surface area (Å²) >= 11 is 12.6. The summed E-state index contributed by atoms with van der Waals surface area (Å²) in [4.78, 5) is 2.06. The highest BCUT2D eigenvalue weighted by atomic mass is 35.5. The van der Waals surface area contributed by atoms with Gasteiger partial charge < -0.3 is 10.3 Å². The van der Waals surface area contributed by atoms with Gasteiger partial charge in [0.05, 0.1) is 34.0 Å². The molecule has 7 heteroatoms. The Bertz CT molecular complexity index is 917. The van der Waals surface area contributed by atoms with Crippen LogP contribution < -0.4 is 0 Å². The van der Waals surface area contributed by atoms with Gasteiger partial charge in [-0.1, -0.05) is 41.4 Å². The molecule has 3 rings (SSSR count). The molecule has 0 saturated heterocycles. The van der Waals surface area contributed by atoms with Crippen LogP contribution in [0.4, 0.5) is 0 Å². The summed E-state index contributed by atoms with van der Waals surface area (Å²) in [5, 5.41) is 38.7. The van der Waals surface area contributed by atoms with Crippen LogP contribution in [0.3, 0.4) is 0 Å². The number of rotatable bonds is 1. The molecule has 0 spiro atoms. The van der Waals surface area contributed by atoms with Crippen molar-refractivity contribution in [3.8, 4) is 18.2 Å². The minimum Gasteiger partial charge on any atom is -0.305 e. The van der Waals surface area contributed by atoms with Gasteiger partial charge in [0, 0.05) is 24.9 Å². The highest BCUT2D eigenvalue weighted by Gasteiger charge is 2.58. The molecule has 1 aromatic carbocycles. The molecule has 1 saturated carbocycles. The first-order chi connectivity index (χ1) is 12.4. The molecule has 1 N–H and O–H groups in total. The number of hydrogen-bond donors (Lipinski definition) is 1. The monoisotopic (exact) mass is 383 g/mol. The Morgan fingerprint density at radius 3 is 2.54 bits per heavy atom. The van der Waals surface area contributed by atoms with Crippen molar-refractivity contribution in [2.45, 2.75) is 5.92 Å². The summed E-state index contributed by atoms with van der Waals surface area (Å²) in [5.74, 6) is -1.82. The highest BCUT2D eigenvalue weighted by Crippen LogP contribution is 2.54. The second-order valence-corrected chi connectivity index (χ2v) is 7.45. The van der Waals surface area contributed by atoms with E-state index in [1.165, 1.54) is 0 Å². The lowest BCUT2D eigenvalue weighted by molar-refractivity contribution is 0.235. The average molecular weight is 384 g/mol. The molecule has 0 radical (unpaired) electrons. The summed E-state index contributed by atoms with van der Waals surface area (Å²) < 4.78 is 0. The number of likely N-dealkylation sites (N-methyl/N-ethyl adjacent to an activating group) is 1. The summed E-state index contributed by atoms with van der Waals surface area (Å²) in [5.41, 5.74) is -0.597. The SMILES string of the molecule is CN1CC=C2C(C#N)C(=N)C(C#N)(C#N)[C@H](c3cccc(Cl)c3Cl)[C@@H]2C1. The van der Waals surface area contributed by atoms with Gasteiger partial charge in [-0.3, -0.25) is 0 Å². The summed E-state index contributed by atoms with van der Waals surface area (Å²) in [7, 11) is 1.94. The van der Waals surface area contributed by atoms with E-state index >= 15 is 0 Å². The molecular formula is C19H15Cl2N5. The highest BCUT2D eigenvalue weighted by molar-refractivity contribution is 6.42. The van der Waals surface area contributed by atoms with E-state index < -0.39 is 17.3 Å². The minimum absolute atomic E-state index is 0.182. The molecule has 0 bridgehead atoms. The maximum Gasteiger partial charge on any atom is 0.189 e. The van der Waals surface area contributed by atoms with E-state index in [-0.39, 0.29) is 16.7 Å². The van der Waals surface area contributed by atoms with E-state index in [0.717, 1.165) is 5.57 Å². The van der Waals surface area contributed by atoms with Crippen LogP contribution in [0.5, 0.6) is 0 Å². The topological polar surface area (TPSA) is 98.5 Å². The number of nitriles is 3. The molecule has 0 amide bonds. The lowest BCUT2D eigenvalue weighted by Gasteiger charge is -2.47. The Morgan fingerprint density at radius 2 is 1.92 bits per heavy atom. The fraction of sp³-hybridized carbons (Fsp3) is 0.368. The number of benzene rings is 1. The Kier molecular flexibility index (Phi) is 4.78. The molecule has 0 aromatic heterocycles. The molecule has 5 nitrogen and oxygen atoms in total. The summed E-state index contributed by atoms with van der Waals surface area (Å²) in [6.07, 6.45) is 1.93. The van der Waals surface area contributed by atoms with Gasteiger partial charge in [0.2, 0.25) is 0 Å². The predicted molar refractivity (Wildman–Crippen MR) is 98.8 cm³/mol. The van der Waals surface area contributed by atoms with E-state index in [1.54, 1.807) is 18.2 Å². The molecule has 1 aliphatic carbocycles. The van der Waals surface area contributed by atoms with Gasteiger partial charge in [0.1, 0.15) is 5.92 Å². The molecule has 1 fully saturated rings. The van der Waals surface area contributed by atoms with Crippen LogP contribution in [-0.2, 0) is 0 Å². The fourth-order valence-corrected chi connectivity index (χ4v) is 4.48. The van der Waals surface area contributed by atoms with Gasteiger partial charge in [-0.15, -0.1) is 0 Å². The van der Waals surface area contributed by atoms with Crippen LogP contribution in [0, 0.1) is 56.7 Å². The first-order valence-electron chi connectivity index (χ1n) is 8.04. The van der Waals surface area contributed by atoms with Crippen LogP contribution in [0.25, 0.3) is 0 Å². The number of nitrogens with one attached hydrogen (secondary N) is 1. The standard InChI is InChI=1S/C19H15Cl2N5/c1-26-6-5-11-13(7-22)18(25)19(9-23,10-24)16(14(11)8-26)12-3-2-4-15(20)17(12)21/h2-5,13-14,16,25H,6,8H2,1H3/t13?,14-,16-/m1/s1. The van der Waals surface area contributed by atoms with Gasteiger partial charge in [0.15, 0.2) is 5.41 Å². The fourth-order valence-electron chi connectivity index (χ4n) is 4.06. The van der Waals surface area contributed by atoms with Crippen molar-refractivity contribution in [1.82, 2.24) is 4.90 Å². The Labute approximate surface area is 162 Å². The number of nitrogens with zero attached hydrogens (tertiary/aromatic N) is 4. The molecule has 3 atom stereocenters. The molecule has 1 unspecified atom stereocenters. The third-order valence-corrected chi connectivity index (χ3v) is 6.12. The first kappa shape index (κ1) is 18.4. The number of halogens is 2. The quantitative estimate of drug-likeness (QED) is 0.745. The second kappa shape index (κ2) is 6.75. The third kappa shape index (κ3) is 2.51. The van der Waals surface area contributed by atoms with Gasteiger partial charge in [0.25, 0.3) is 0 Å². The lowest BCUT2D eigenvalue weighted by Crippen LogP contribution is -2.52. The molecule has 26 heavy (non-hydrogen) atoms. The van der Waals surface area contributed by atoms with E-state index in [1.807, 2.05) is 25.3 Å². The second-order valence-electron chi connectivity index (χ2n) is 6.66. The van der Waals surface area contributed by atoms with Crippen LogP contribution >= 0.6 is 23.2 Å². The van der Waals surface area contributed by atoms with Crippen molar-refractivity contribution in [3.63, 3.8) is 0 Å². The average Bonchev–Trinajstić information content (AvgIpc) is 2.64. The van der Waals surface area contributed by atoms with Crippen molar-refractivity contribution >= 4 is 28.9 Å². The predicted octanol–water partition coefficient (Wildman–Crippen LogP) is 3.77. The van der Waals surface area contributed by atoms with Crippen molar-refractivity contribution in [2.75, 3.05) is 20.1 Å². The van der Waals surface area contributed by atoms with E-state index in [2.05, 4.69) is 11.0 Å². The zero-order valence-corrected chi connectivity index (χ0v) is 15.5. The maximum absolute atomic E-state index is 9.94. The van der Waals surface area contributed by atoms with Crippen molar-refractivity contribution in [3.05, 3.63) is 45.5 Å². The number of fused-ring (bicyclic) bond motifs is 1. The van der Waals surface area contributed by atoms with E-state index in [0.29, 0.717) is 23.7 Å². The first-order valence-corrected chi connectivity index (χ1v) is 8.80. The van der Waals surface area contributed by atoms with Crippen LogP contribution in [0.2, 0.25) is 10.0 Å². The van der Waals surface area contributed by atoms with Gasteiger partial charge in [-0.25, -0.2) is 0 Å². The Hall–Kier alpha value is -2.36. The largest absolute Gasteiger partial charge is 0.305 e. The normalized spacial score (nSPS) is 27.5. The summed E-state index contributed by atoms with van der Waals surface area (Å²) in [6.45, 7) is 1.22. The molecule has 1 heterocycles. The summed E-state index contributed by atoms with van der Waals surface area (Å²) in [6, 6.07) is 11.3. The number of hydrogen-bond acceptors (Lipinski definition) is 5. The maximum atomic E-state index is 9.94. The van der Waals surface area contributed by atoms with Gasteiger partial charge in [-0.2, -0.15) is 15.8 Å². The zero-order chi connectivity index (χ0) is 19.1. The van der Waals surface area contributed by atoms with Gasteiger partial charge >= 0.3 is 0 Å². The molecule has 1 aromatic rings. The molecule has 130 valence electrons. The van der Waals surface area contributed by atoms with Crippen LogP contribution in [-0.4, -0.2) is 30.7 Å². The molecular weight excluding hydrogens is 369 g/mol. The lowest BCUT2D eigenvalue weighted by atomic mass is 9.54. The smallest absolute Gasteiger partial charge is 0.189 e. The molecule has 2 aliphatic rings. The van der Waals surface area contributed by atoms with Crippen LogP contribution in [0.15, 0.2) is 29.8 Å². The zero-order valence-electron chi connectivity index (χ0n) is 14.0. The van der Waals surface area contributed by atoms with Crippen molar-refractivity contribution in [1.29, 1.82) is 21.2 Å². The molecule has 1 aliphatic heterocycles. The van der Waals surface area contributed by atoms with E-state index in [4.69, 9.17) is 28.6 Å². The van der Waals surface area contributed by atoms with E-state index in [9.17, 15) is 15.8 Å². The van der Waals surface area contributed by atoms with Crippen LogP contribution in [0.1, 0.15) is 11.5 Å². The third-order valence-electron chi connectivity index (χ3n) is 5.29. The van der Waals surface area contributed by atoms with Gasteiger partial charge in [-0.05, 0) is 24.3 Å².